The van der Waals surface area contributed by atoms with E-state index in [4.69, 9.17) is 4.52 Å². The van der Waals surface area contributed by atoms with Crippen molar-refractivity contribution in [2.45, 2.75) is 104 Å². The fraction of sp³-hybridized carbons (Fsp3) is 0.900. The molecule has 5 heteroatoms. The average Bonchev–Trinajstić information content (AvgIpc) is 2.57. The summed E-state index contributed by atoms with van der Waals surface area (Å²) in [6.45, 7) is 4.43. The largest absolute Gasteiger partial charge is 0.472 e. The molecule has 0 fully saturated rings. The molecule has 1 N–H and O–H groups in total. The lowest BCUT2D eigenvalue weighted by atomic mass is 10.1. The highest BCUT2D eigenvalue weighted by Gasteiger charge is 2.18. The van der Waals surface area contributed by atoms with Crippen LogP contribution in [0, 0.1) is 0 Å². The van der Waals surface area contributed by atoms with Crippen LogP contribution in [0.4, 0.5) is 0 Å². The molecule has 0 aliphatic rings. The van der Waals surface area contributed by atoms with Gasteiger partial charge < -0.3 is 4.89 Å². The Labute approximate surface area is 156 Å². The van der Waals surface area contributed by atoms with Crippen molar-refractivity contribution in [3.8, 4) is 0 Å². The topological polar surface area (TPSA) is 55.8 Å². The van der Waals surface area contributed by atoms with Crippen molar-refractivity contribution in [3.63, 3.8) is 0 Å². The zero-order valence-corrected chi connectivity index (χ0v) is 17.5. The lowest BCUT2D eigenvalue weighted by Crippen LogP contribution is -1.96. The number of hydrogen-bond donors (Lipinski definition) is 1. The van der Waals surface area contributed by atoms with E-state index in [2.05, 4.69) is 23.6 Å². The molecule has 0 aliphatic heterocycles. The third kappa shape index (κ3) is 20.0. The number of phosphoric acid groups is 1. The van der Waals surface area contributed by atoms with Crippen molar-refractivity contribution in [3.05, 3.63) is 12.2 Å². The second-order valence-electron chi connectivity index (χ2n) is 6.66. The quantitative estimate of drug-likeness (QED) is 0.147. The highest BCUT2D eigenvalue weighted by atomic mass is 31.2. The first-order valence-electron chi connectivity index (χ1n) is 10.4. The van der Waals surface area contributed by atoms with Crippen molar-refractivity contribution < 1.29 is 18.5 Å². The molecule has 1 unspecified atom stereocenters. The lowest BCUT2D eigenvalue weighted by Gasteiger charge is -2.10. The monoisotopic (exact) mass is 376 g/mol. The van der Waals surface area contributed by atoms with Crippen LogP contribution in [0.15, 0.2) is 12.2 Å². The number of rotatable bonds is 19. The first-order valence-corrected chi connectivity index (χ1v) is 11.9. The zero-order chi connectivity index (χ0) is 18.6. The van der Waals surface area contributed by atoms with E-state index in [1.54, 1.807) is 6.92 Å². The fourth-order valence-electron chi connectivity index (χ4n) is 2.73. The molecule has 0 amide bonds. The summed E-state index contributed by atoms with van der Waals surface area (Å²) in [5, 5.41) is 0. The summed E-state index contributed by atoms with van der Waals surface area (Å²) in [6.07, 6.45) is 22.1. The Morgan fingerprint density at radius 1 is 0.720 bits per heavy atom. The van der Waals surface area contributed by atoms with Crippen LogP contribution in [0.5, 0.6) is 0 Å². The first-order chi connectivity index (χ1) is 12.1. The number of unbranched alkanes of at least 4 members (excludes halogenated alkanes) is 12. The van der Waals surface area contributed by atoms with E-state index in [1.807, 2.05) is 0 Å². The van der Waals surface area contributed by atoms with Crippen LogP contribution in [0.3, 0.4) is 0 Å². The molecule has 0 heterocycles. The maximum Gasteiger partial charge on any atom is 0.472 e. The van der Waals surface area contributed by atoms with E-state index in [1.165, 1.54) is 70.6 Å². The van der Waals surface area contributed by atoms with Crippen molar-refractivity contribution in [2.75, 3.05) is 13.2 Å². The SMILES string of the molecule is CCCCCCCCC=CCCCCCCCCOP(=O)(O)OCC. The molecule has 0 aromatic rings. The van der Waals surface area contributed by atoms with Gasteiger partial charge in [-0.2, -0.15) is 0 Å². The van der Waals surface area contributed by atoms with E-state index in [0.717, 1.165) is 19.3 Å². The van der Waals surface area contributed by atoms with Gasteiger partial charge in [-0.15, -0.1) is 0 Å². The molecule has 0 aromatic carbocycles. The molecule has 0 radical (unpaired) electrons. The lowest BCUT2D eigenvalue weighted by molar-refractivity contribution is 0.153. The minimum atomic E-state index is -3.79. The summed E-state index contributed by atoms with van der Waals surface area (Å²) >= 11 is 0. The smallest absolute Gasteiger partial charge is 0.302 e. The van der Waals surface area contributed by atoms with E-state index in [0.29, 0.717) is 6.61 Å². The number of phosphoric ester groups is 1. The molecule has 25 heavy (non-hydrogen) atoms. The van der Waals surface area contributed by atoms with Gasteiger partial charge in [-0.3, -0.25) is 9.05 Å². The van der Waals surface area contributed by atoms with Crippen LogP contribution >= 0.6 is 7.82 Å². The molecule has 0 aliphatic carbocycles. The summed E-state index contributed by atoms with van der Waals surface area (Å²) in [5.74, 6) is 0. The molecule has 1 atom stereocenters. The van der Waals surface area contributed by atoms with Crippen LogP contribution in [-0.2, 0) is 13.6 Å². The van der Waals surface area contributed by atoms with Crippen LogP contribution in [0.1, 0.15) is 104 Å². The Kier molecular flexibility index (Phi) is 18.5. The third-order valence-electron chi connectivity index (χ3n) is 4.20. The molecule has 0 saturated heterocycles. The Bertz CT molecular complexity index is 345. The van der Waals surface area contributed by atoms with Crippen molar-refractivity contribution in [1.29, 1.82) is 0 Å². The van der Waals surface area contributed by atoms with Gasteiger partial charge in [0.25, 0.3) is 0 Å². The van der Waals surface area contributed by atoms with Gasteiger partial charge in [0.1, 0.15) is 0 Å². The predicted molar refractivity (Wildman–Crippen MR) is 107 cm³/mol. The molecule has 0 bridgehead atoms. The molecule has 0 aromatic heterocycles. The van der Waals surface area contributed by atoms with E-state index >= 15 is 0 Å². The Hall–Kier alpha value is -0.150. The number of allylic oxidation sites excluding steroid dienone is 2. The van der Waals surface area contributed by atoms with Gasteiger partial charge >= 0.3 is 7.82 Å². The summed E-state index contributed by atoms with van der Waals surface area (Å²) in [4.78, 5) is 9.24. The molecule has 0 saturated carbocycles. The third-order valence-corrected chi connectivity index (χ3v) is 5.30. The first kappa shape index (κ1) is 24.8. The van der Waals surface area contributed by atoms with Crippen LogP contribution in [0.2, 0.25) is 0 Å². The second-order valence-corrected chi connectivity index (χ2v) is 8.11. The van der Waals surface area contributed by atoms with E-state index in [9.17, 15) is 9.46 Å². The highest BCUT2D eigenvalue weighted by Crippen LogP contribution is 2.42. The summed E-state index contributed by atoms with van der Waals surface area (Å²) in [6, 6.07) is 0. The van der Waals surface area contributed by atoms with Gasteiger partial charge in [0, 0.05) is 0 Å². The van der Waals surface area contributed by atoms with Gasteiger partial charge in [0.05, 0.1) is 13.2 Å². The molecule has 0 rings (SSSR count). The van der Waals surface area contributed by atoms with Gasteiger partial charge in [0.2, 0.25) is 0 Å². The summed E-state index contributed by atoms with van der Waals surface area (Å²) < 4.78 is 20.8. The highest BCUT2D eigenvalue weighted by molar-refractivity contribution is 7.47. The second kappa shape index (κ2) is 18.6. The molecule has 150 valence electrons. The molecule has 0 spiro atoms. The van der Waals surface area contributed by atoms with E-state index < -0.39 is 7.82 Å². The minimum absolute atomic E-state index is 0.196. The predicted octanol–water partition coefficient (Wildman–Crippen LogP) is 7.18. The Balaban J connectivity index is 3.21. The maximum absolute atomic E-state index is 11.3. The van der Waals surface area contributed by atoms with Gasteiger partial charge in [-0.05, 0) is 39.0 Å². The van der Waals surface area contributed by atoms with Crippen molar-refractivity contribution >= 4 is 7.82 Å². The van der Waals surface area contributed by atoms with Gasteiger partial charge in [-0.1, -0.05) is 76.9 Å². The normalized spacial score (nSPS) is 14.2. The van der Waals surface area contributed by atoms with Crippen LogP contribution in [0.25, 0.3) is 0 Å². The standard InChI is InChI=1S/C20H41O4P/c1-3-5-6-7-8-9-10-11-12-13-14-15-16-17-18-19-20-24-25(21,22)23-4-2/h11-12H,3-10,13-20H2,1-2H3,(H,21,22). The molecular formula is C20H41O4P. The fourth-order valence-corrected chi connectivity index (χ4v) is 3.49. The summed E-state index contributed by atoms with van der Waals surface area (Å²) in [7, 11) is -3.79. The van der Waals surface area contributed by atoms with Gasteiger partial charge in [0.15, 0.2) is 0 Å². The Morgan fingerprint density at radius 2 is 1.20 bits per heavy atom. The zero-order valence-electron chi connectivity index (χ0n) is 16.6. The minimum Gasteiger partial charge on any atom is -0.302 e. The van der Waals surface area contributed by atoms with Crippen molar-refractivity contribution in [1.82, 2.24) is 0 Å². The Morgan fingerprint density at radius 3 is 1.72 bits per heavy atom. The summed E-state index contributed by atoms with van der Waals surface area (Å²) in [5.41, 5.74) is 0. The van der Waals surface area contributed by atoms with E-state index in [-0.39, 0.29) is 6.61 Å². The molecular weight excluding hydrogens is 335 g/mol. The van der Waals surface area contributed by atoms with Crippen molar-refractivity contribution in [2.24, 2.45) is 0 Å². The van der Waals surface area contributed by atoms with Crippen LogP contribution < -0.4 is 0 Å². The number of hydrogen-bond acceptors (Lipinski definition) is 3. The average molecular weight is 377 g/mol. The van der Waals surface area contributed by atoms with Gasteiger partial charge in [-0.25, -0.2) is 4.57 Å². The maximum atomic E-state index is 11.3. The molecule has 4 nitrogen and oxygen atoms in total. The van der Waals surface area contributed by atoms with Crippen LogP contribution in [-0.4, -0.2) is 18.1 Å².